The third-order valence-corrected chi connectivity index (χ3v) is 1.89. The van der Waals surface area contributed by atoms with Crippen molar-refractivity contribution in [3.05, 3.63) is 0 Å². The Bertz CT molecular complexity index is 132. The molecule has 1 unspecified atom stereocenters. The number of nitriles is 1. The smallest absolute Gasteiger partial charge is 0.0950 e. The molecule has 1 heterocycles. The summed E-state index contributed by atoms with van der Waals surface area (Å²) >= 11 is 0. The van der Waals surface area contributed by atoms with E-state index in [0.717, 1.165) is 26.2 Å². The van der Waals surface area contributed by atoms with Crippen LogP contribution in [0.1, 0.15) is 6.92 Å². The SMILES string of the molecule is CC(C#N)N1CCNCC1. The van der Waals surface area contributed by atoms with Crippen LogP contribution in [0.15, 0.2) is 0 Å². The van der Waals surface area contributed by atoms with E-state index in [-0.39, 0.29) is 6.04 Å². The molecule has 1 aliphatic heterocycles. The van der Waals surface area contributed by atoms with Crippen LogP contribution in [0.4, 0.5) is 0 Å². The Morgan fingerprint density at radius 2 is 2.10 bits per heavy atom. The molecule has 1 aliphatic rings. The third-order valence-electron chi connectivity index (χ3n) is 1.89. The van der Waals surface area contributed by atoms with E-state index < -0.39 is 0 Å². The van der Waals surface area contributed by atoms with Gasteiger partial charge in [0.2, 0.25) is 0 Å². The minimum atomic E-state index is 0.0853. The monoisotopic (exact) mass is 139 g/mol. The zero-order chi connectivity index (χ0) is 7.40. The van der Waals surface area contributed by atoms with Crippen molar-refractivity contribution in [1.82, 2.24) is 10.2 Å². The van der Waals surface area contributed by atoms with Crippen molar-refractivity contribution in [3.8, 4) is 6.07 Å². The van der Waals surface area contributed by atoms with Crippen molar-refractivity contribution in [1.29, 1.82) is 5.26 Å². The van der Waals surface area contributed by atoms with E-state index in [9.17, 15) is 0 Å². The van der Waals surface area contributed by atoms with Gasteiger partial charge in [-0.05, 0) is 6.92 Å². The molecule has 0 aromatic heterocycles. The number of rotatable bonds is 1. The van der Waals surface area contributed by atoms with E-state index in [1.807, 2.05) is 6.92 Å². The van der Waals surface area contributed by atoms with Crippen LogP contribution in [-0.2, 0) is 0 Å². The van der Waals surface area contributed by atoms with E-state index >= 15 is 0 Å². The van der Waals surface area contributed by atoms with Crippen LogP contribution >= 0.6 is 0 Å². The molecular formula is C7H13N3. The van der Waals surface area contributed by atoms with Crippen LogP contribution in [0.5, 0.6) is 0 Å². The molecular weight excluding hydrogens is 126 g/mol. The van der Waals surface area contributed by atoms with Gasteiger partial charge in [-0.25, -0.2) is 0 Å². The van der Waals surface area contributed by atoms with Gasteiger partial charge in [-0.3, -0.25) is 4.90 Å². The molecule has 1 fully saturated rings. The summed E-state index contributed by atoms with van der Waals surface area (Å²) in [7, 11) is 0. The lowest BCUT2D eigenvalue weighted by Gasteiger charge is -2.28. The number of nitrogens with one attached hydrogen (secondary N) is 1. The first-order chi connectivity index (χ1) is 4.84. The van der Waals surface area contributed by atoms with Crippen LogP contribution in [0.25, 0.3) is 0 Å². The summed E-state index contributed by atoms with van der Waals surface area (Å²) < 4.78 is 0. The standard InChI is InChI=1S/C7H13N3/c1-7(6-8)10-4-2-9-3-5-10/h7,9H,2-5H2,1H3. The number of hydrogen-bond donors (Lipinski definition) is 1. The highest BCUT2D eigenvalue weighted by atomic mass is 15.2. The Morgan fingerprint density at radius 1 is 1.50 bits per heavy atom. The maximum absolute atomic E-state index is 8.57. The van der Waals surface area contributed by atoms with E-state index in [0.29, 0.717) is 0 Å². The van der Waals surface area contributed by atoms with Gasteiger partial charge in [0.25, 0.3) is 0 Å². The number of nitrogens with zero attached hydrogens (tertiary/aromatic N) is 2. The second kappa shape index (κ2) is 3.55. The Kier molecular flexibility index (Phi) is 2.67. The first-order valence-electron chi connectivity index (χ1n) is 3.69. The van der Waals surface area contributed by atoms with Gasteiger partial charge < -0.3 is 5.32 Å². The zero-order valence-electron chi connectivity index (χ0n) is 6.30. The Hall–Kier alpha value is -0.590. The van der Waals surface area contributed by atoms with Gasteiger partial charge in [0, 0.05) is 26.2 Å². The molecule has 0 saturated carbocycles. The summed E-state index contributed by atoms with van der Waals surface area (Å²) in [5.74, 6) is 0. The van der Waals surface area contributed by atoms with Crippen molar-refractivity contribution in [2.45, 2.75) is 13.0 Å². The first-order valence-corrected chi connectivity index (χ1v) is 3.69. The lowest BCUT2D eigenvalue weighted by molar-refractivity contribution is 0.216. The van der Waals surface area contributed by atoms with Crippen LogP contribution in [-0.4, -0.2) is 37.1 Å². The summed E-state index contributed by atoms with van der Waals surface area (Å²) in [5.41, 5.74) is 0. The van der Waals surface area contributed by atoms with E-state index in [1.165, 1.54) is 0 Å². The second-order valence-electron chi connectivity index (χ2n) is 2.59. The highest BCUT2D eigenvalue weighted by Gasteiger charge is 2.14. The van der Waals surface area contributed by atoms with Gasteiger partial charge >= 0.3 is 0 Å². The molecule has 0 radical (unpaired) electrons. The van der Waals surface area contributed by atoms with Crippen LogP contribution < -0.4 is 5.32 Å². The predicted molar refractivity (Wildman–Crippen MR) is 39.5 cm³/mol. The van der Waals surface area contributed by atoms with Crippen molar-refractivity contribution in [2.24, 2.45) is 0 Å². The van der Waals surface area contributed by atoms with Crippen molar-refractivity contribution in [3.63, 3.8) is 0 Å². The zero-order valence-corrected chi connectivity index (χ0v) is 6.30. The molecule has 0 aromatic carbocycles. The van der Waals surface area contributed by atoms with Gasteiger partial charge in [-0.15, -0.1) is 0 Å². The normalized spacial score (nSPS) is 23.6. The fourth-order valence-electron chi connectivity index (χ4n) is 1.15. The quantitative estimate of drug-likeness (QED) is 0.547. The molecule has 3 heteroatoms. The molecule has 1 atom stereocenters. The molecule has 56 valence electrons. The first kappa shape index (κ1) is 7.52. The lowest BCUT2D eigenvalue weighted by Crippen LogP contribution is -2.46. The summed E-state index contributed by atoms with van der Waals surface area (Å²) in [5, 5.41) is 11.8. The molecule has 0 aliphatic carbocycles. The third kappa shape index (κ3) is 1.69. The van der Waals surface area contributed by atoms with E-state index in [2.05, 4.69) is 16.3 Å². The molecule has 1 N–H and O–H groups in total. The minimum absolute atomic E-state index is 0.0853. The Morgan fingerprint density at radius 3 is 2.60 bits per heavy atom. The molecule has 0 spiro atoms. The molecule has 0 bridgehead atoms. The number of piperazine rings is 1. The average molecular weight is 139 g/mol. The maximum atomic E-state index is 8.57. The van der Waals surface area contributed by atoms with Gasteiger partial charge in [0.1, 0.15) is 0 Å². The topological polar surface area (TPSA) is 39.1 Å². The fourth-order valence-corrected chi connectivity index (χ4v) is 1.15. The fraction of sp³-hybridized carbons (Fsp3) is 0.857. The Labute approximate surface area is 61.6 Å². The van der Waals surface area contributed by atoms with Crippen LogP contribution in [0, 0.1) is 11.3 Å². The van der Waals surface area contributed by atoms with Crippen LogP contribution in [0.3, 0.4) is 0 Å². The molecule has 10 heavy (non-hydrogen) atoms. The molecule has 0 aromatic rings. The van der Waals surface area contributed by atoms with Crippen molar-refractivity contribution >= 4 is 0 Å². The van der Waals surface area contributed by atoms with E-state index in [1.54, 1.807) is 0 Å². The van der Waals surface area contributed by atoms with Gasteiger partial charge in [0.15, 0.2) is 0 Å². The second-order valence-corrected chi connectivity index (χ2v) is 2.59. The predicted octanol–water partition coefficient (Wildman–Crippen LogP) is -0.196. The van der Waals surface area contributed by atoms with Gasteiger partial charge in [-0.1, -0.05) is 0 Å². The highest BCUT2D eigenvalue weighted by molar-refractivity contribution is 4.89. The van der Waals surface area contributed by atoms with Crippen molar-refractivity contribution in [2.75, 3.05) is 26.2 Å². The van der Waals surface area contributed by atoms with Gasteiger partial charge in [0.05, 0.1) is 12.1 Å². The Balaban J connectivity index is 2.33. The molecule has 1 rings (SSSR count). The van der Waals surface area contributed by atoms with Gasteiger partial charge in [-0.2, -0.15) is 5.26 Å². The summed E-state index contributed by atoms with van der Waals surface area (Å²) in [6.07, 6.45) is 0. The highest BCUT2D eigenvalue weighted by Crippen LogP contribution is 1.98. The summed E-state index contributed by atoms with van der Waals surface area (Å²) in [6, 6.07) is 2.32. The van der Waals surface area contributed by atoms with E-state index in [4.69, 9.17) is 5.26 Å². The largest absolute Gasteiger partial charge is 0.314 e. The maximum Gasteiger partial charge on any atom is 0.0950 e. The molecule has 1 saturated heterocycles. The van der Waals surface area contributed by atoms with Crippen LogP contribution in [0.2, 0.25) is 0 Å². The molecule has 3 nitrogen and oxygen atoms in total. The lowest BCUT2D eigenvalue weighted by atomic mass is 10.2. The minimum Gasteiger partial charge on any atom is -0.314 e. The van der Waals surface area contributed by atoms with Crippen molar-refractivity contribution < 1.29 is 0 Å². The number of hydrogen-bond acceptors (Lipinski definition) is 3. The molecule has 0 amide bonds. The summed E-state index contributed by atoms with van der Waals surface area (Å²) in [4.78, 5) is 2.19. The average Bonchev–Trinajstić information content (AvgIpc) is 2.05. The summed E-state index contributed by atoms with van der Waals surface area (Å²) in [6.45, 7) is 6.01.